The molecule has 0 saturated heterocycles. The van der Waals surface area contributed by atoms with Gasteiger partial charge in [-0.2, -0.15) is 0 Å². The third-order valence-corrected chi connectivity index (χ3v) is 6.00. The van der Waals surface area contributed by atoms with Crippen molar-refractivity contribution in [2.45, 2.75) is 26.2 Å². The van der Waals surface area contributed by atoms with Gasteiger partial charge in [0.25, 0.3) is 0 Å². The smallest absolute Gasteiger partial charge is 0.150 e. The number of fused-ring (bicyclic) bond motifs is 3. The molecule has 0 amide bonds. The molecule has 0 aliphatic rings. The molecule has 2 N–H and O–H groups in total. The summed E-state index contributed by atoms with van der Waals surface area (Å²) in [7, 11) is 0. The van der Waals surface area contributed by atoms with Crippen LogP contribution in [0.15, 0.2) is 85.1 Å². The zero-order valence-corrected chi connectivity index (χ0v) is 18.8. The molecule has 4 heteroatoms. The summed E-state index contributed by atoms with van der Waals surface area (Å²) in [5, 5.41) is 2.16. The van der Waals surface area contributed by atoms with Crippen molar-refractivity contribution in [2.24, 2.45) is 0 Å². The molecule has 0 aliphatic heterocycles. The molecule has 5 rings (SSSR count). The van der Waals surface area contributed by atoms with Gasteiger partial charge in [0.2, 0.25) is 0 Å². The molecule has 0 fully saturated rings. The van der Waals surface area contributed by atoms with Crippen LogP contribution in [0.3, 0.4) is 0 Å². The molecule has 2 aromatic heterocycles. The van der Waals surface area contributed by atoms with Crippen molar-refractivity contribution in [2.75, 3.05) is 12.3 Å². The van der Waals surface area contributed by atoms with Gasteiger partial charge >= 0.3 is 0 Å². The number of anilines is 1. The average Bonchev–Trinajstić information content (AvgIpc) is 2.84. The van der Waals surface area contributed by atoms with Crippen molar-refractivity contribution in [1.29, 1.82) is 0 Å². The Morgan fingerprint density at radius 3 is 2.33 bits per heavy atom. The van der Waals surface area contributed by atoms with Crippen LogP contribution < -0.4 is 10.5 Å². The first kappa shape index (κ1) is 21.0. The van der Waals surface area contributed by atoms with Gasteiger partial charge in [-0.3, -0.25) is 4.98 Å². The van der Waals surface area contributed by atoms with E-state index >= 15 is 0 Å². The molecular formula is C29H27N3O. The molecule has 0 atom stereocenters. The van der Waals surface area contributed by atoms with E-state index < -0.39 is 0 Å². The van der Waals surface area contributed by atoms with Crippen LogP contribution in [0, 0.1) is 6.92 Å². The fraction of sp³-hybridized carbons (Fsp3) is 0.172. The largest absolute Gasteiger partial charge is 0.493 e. The molecule has 3 aromatic carbocycles. The van der Waals surface area contributed by atoms with Crippen molar-refractivity contribution in [3.8, 4) is 5.75 Å². The van der Waals surface area contributed by atoms with E-state index in [2.05, 4.69) is 89.7 Å². The van der Waals surface area contributed by atoms with Crippen molar-refractivity contribution < 1.29 is 4.74 Å². The summed E-state index contributed by atoms with van der Waals surface area (Å²) in [6, 6.07) is 27.3. The van der Waals surface area contributed by atoms with Gasteiger partial charge < -0.3 is 10.5 Å². The summed E-state index contributed by atoms with van der Waals surface area (Å²) >= 11 is 0. The highest BCUT2D eigenvalue weighted by molar-refractivity contribution is 6.08. The predicted octanol–water partition coefficient (Wildman–Crippen LogP) is 6.08. The number of pyridine rings is 2. The molecule has 33 heavy (non-hydrogen) atoms. The van der Waals surface area contributed by atoms with E-state index in [1.807, 2.05) is 12.3 Å². The lowest BCUT2D eigenvalue weighted by Crippen LogP contribution is -2.01. The SMILES string of the molecule is Cc1ccc2c(c1)nc(N)c1ncc(CCc3ccc(OCCc4ccccc4)cc3)cc12. The molecule has 4 nitrogen and oxygen atoms in total. The van der Waals surface area contributed by atoms with Crippen molar-refractivity contribution in [1.82, 2.24) is 9.97 Å². The van der Waals surface area contributed by atoms with E-state index in [0.717, 1.165) is 46.8 Å². The topological polar surface area (TPSA) is 61.0 Å². The normalized spacial score (nSPS) is 11.2. The maximum absolute atomic E-state index is 6.18. The highest BCUT2D eigenvalue weighted by Crippen LogP contribution is 2.28. The second kappa shape index (κ2) is 9.29. The molecule has 5 aromatic rings. The van der Waals surface area contributed by atoms with Gasteiger partial charge in [0.15, 0.2) is 5.82 Å². The van der Waals surface area contributed by atoms with E-state index in [0.29, 0.717) is 12.4 Å². The standard InChI is InChI=1S/C29H27N3O/c1-20-7-14-25-26-18-23(19-31-28(26)29(30)32-27(25)17-20)9-8-22-10-12-24(13-11-22)33-16-15-21-5-3-2-4-6-21/h2-7,10-14,17-19H,8-9,15-16H2,1H3,(H2,30,32). The van der Waals surface area contributed by atoms with Crippen LogP contribution in [0.2, 0.25) is 0 Å². The Morgan fingerprint density at radius 2 is 1.52 bits per heavy atom. The maximum atomic E-state index is 6.18. The van der Waals surface area contributed by atoms with Gasteiger partial charge in [-0.15, -0.1) is 0 Å². The number of rotatable bonds is 7. The average molecular weight is 434 g/mol. The molecule has 0 unspecified atom stereocenters. The van der Waals surface area contributed by atoms with Crippen molar-refractivity contribution in [3.05, 3.63) is 107 Å². The highest BCUT2D eigenvalue weighted by Gasteiger charge is 2.09. The molecule has 0 bridgehead atoms. The number of aryl methyl sites for hydroxylation is 3. The lowest BCUT2D eigenvalue weighted by molar-refractivity contribution is 0.322. The zero-order valence-electron chi connectivity index (χ0n) is 18.8. The third kappa shape index (κ3) is 4.80. The molecule has 164 valence electrons. The highest BCUT2D eigenvalue weighted by atomic mass is 16.5. The van der Waals surface area contributed by atoms with E-state index in [-0.39, 0.29) is 0 Å². The predicted molar refractivity (Wildman–Crippen MR) is 136 cm³/mol. The Labute approximate surface area is 194 Å². The molecule has 0 saturated carbocycles. The lowest BCUT2D eigenvalue weighted by atomic mass is 10.0. The van der Waals surface area contributed by atoms with E-state index in [4.69, 9.17) is 10.5 Å². The number of hydrogen-bond donors (Lipinski definition) is 1. The summed E-state index contributed by atoms with van der Waals surface area (Å²) < 4.78 is 5.91. The fourth-order valence-electron chi connectivity index (χ4n) is 4.17. The van der Waals surface area contributed by atoms with Crippen LogP contribution in [-0.2, 0) is 19.3 Å². The minimum Gasteiger partial charge on any atom is -0.493 e. The van der Waals surface area contributed by atoms with Gasteiger partial charge in [-0.05, 0) is 66.3 Å². The first-order valence-electron chi connectivity index (χ1n) is 11.4. The maximum Gasteiger partial charge on any atom is 0.150 e. The number of hydrogen-bond acceptors (Lipinski definition) is 4. The second-order valence-electron chi connectivity index (χ2n) is 8.49. The Morgan fingerprint density at radius 1 is 0.758 bits per heavy atom. The van der Waals surface area contributed by atoms with Crippen LogP contribution >= 0.6 is 0 Å². The quantitative estimate of drug-likeness (QED) is 0.316. The minimum absolute atomic E-state index is 0.484. The summed E-state index contributed by atoms with van der Waals surface area (Å²) in [5.74, 6) is 1.39. The Hall–Kier alpha value is -3.92. The summed E-state index contributed by atoms with van der Waals surface area (Å²) in [4.78, 5) is 9.17. The Bertz CT molecular complexity index is 1400. The second-order valence-corrected chi connectivity index (χ2v) is 8.49. The summed E-state index contributed by atoms with van der Waals surface area (Å²) in [6.07, 6.45) is 4.68. The van der Waals surface area contributed by atoms with Gasteiger partial charge in [-0.25, -0.2) is 4.98 Å². The number of nitrogens with zero attached hydrogens (tertiary/aromatic N) is 2. The monoisotopic (exact) mass is 433 g/mol. The summed E-state index contributed by atoms with van der Waals surface area (Å²) in [5.41, 5.74) is 12.8. The van der Waals surface area contributed by atoms with Crippen molar-refractivity contribution >= 4 is 27.6 Å². The number of benzene rings is 3. The van der Waals surface area contributed by atoms with E-state index in [1.165, 1.54) is 22.3 Å². The van der Waals surface area contributed by atoms with Gasteiger partial charge in [-0.1, -0.05) is 54.6 Å². The van der Waals surface area contributed by atoms with Crippen LogP contribution in [0.1, 0.15) is 22.3 Å². The zero-order chi connectivity index (χ0) is 22.6. The summed E-state index contributed by atoms with van der Waals surface area (Å²) in [6.45, 7) is 2.74. The number of nitrogens with two attached hydrogens (primary N) is 1. The lowest BCUT2D eigenvalue weighted by Gasteiger charge is -2.10. The molecule has 0 aliphatic carbocycles. The van der Waals surface area contributed by atoms with E-state index in [1.54, 1.807) is 0 Å². The minimum atomic E-state index is 0.484. The van der Waals surface area contributed by atoms with Crippen LogP contribution in [0.5, 0.6) is 5.75 Å². The Balaban J connectivity index is 1.25. The number of ether oxygens (including phenoxy) is 1. The van der Waals surface area contributed by atoms with Crippen LogP contribution in [0.25, 0.3) is 21.8 Å². The van der Waals surface area contributed by atoms with Gasteiger partial charge in [0.05, 0.1) is 12.1 Å². The van der Waals surface area contributed by atoms with E-state index in [9.17, 15) is 0 Å². The van der Waals surface area contributed by atoms with Gasteiger partial charge in [0, 0.05) is 23.4 Å². The molecule has 0 radical (unpaired) electrons. The van der Waals surface area contributed by atoms with Gasteiger partial charge in [0.1, 0.15) is 11.3 Å². The number of aromatic nitrogens is 2. The fourth-order valence-corrected chi connectivity index (χ4v) is 4.17. The number of nitrogen functional groups attached to an aromatic ring is 1. The first-order chi connectivity index (χ1) is 16.2. The van der Waals surface area contributed by atoms with Crippen molar-refractivity contribution in [3.63, 3.8) is 0 Å². The van der Waals surface area contributed by atoms with Crippen LogP contribution in [0.4, 0.5) is 5.82 Å². The van der Waals surface area contributed by atoms with Crippen LogP contribution in [-0.4, -0.2) is 16.6 Å². The molecule has 2 heterocycles. The molecule has 0 spiro atoms. The Kier molecular flexibility index (Phi) is 5.90. The third-order valence-electron chi connectivity index (χ3n) is 6.00. The molecular weight excluding hydrogens is 406 g/mol. The first-order valence-corrected chi connectivity index (χ1v) is 11.4.